The highest BCUT2D eigenvalue weighted by Crippen LogP contribution is 2.23. The molecule has 2 N–H and O–H groups in total. The van der Waals surface area contributed by atoms with E-state index in [4.69, 9.17) is 17.3 Å². The lowest BCUT2D eigenvalue weighted by molar-refractivity contribution is 1.36. The Labute approximate surface area is 93.4 Å². The molecule has 0 aliphatic carbocycles. The normalized spacial score (nSPS) is 11.3. The summed E-state index contributed by atoms with van der Waals surface area (Å²) in [6.45, 7) is 0. The average Bonchev–Trinajstić information content (AvgIpc) is 2.29. The van der Waals surface area contributed by atoms with Gasteiger partial charge in [0.1, 0.15) is 5.82 Å². The molecule has 0 fully saturated rings. The van der Waals surface area contributed by atoms with Crippen LogP contribution in [0.5, 0.6) is 0 Å². The molecule has 0 saturated carbocycles. The molecule has 1 aromatic carbocycles. The molecule has 0 atom stereocenters. The second-order valence-corrected chi connectivity index (χ2v) is 3.51. The Kier molecular flexibility index (Phi) is 2.88. The van der Waals surface area contributed by atoms with E-state index in [2.05, 4.69) is 4.98 Å². The van der Waals surface area contributed by atoms with Crippen LogP contribution in [0.4, 0.5) is 5.82 Å². The second-order valence-electron chi connectivity index (χ2n) is 3.20. The number of benzene rings is 1. The van der Waals surface area contributed by atoms with Gasteiger partial charge >= 0.3 is 0 Å². The molecule has 2 aromatic rings. The van der Waals surface area contributed by atoms with Crippen LogP contribution in [0.1, 0.15) is 5.56 Å². The van der Waals surface area contributed by atoms with Crippen LogP contribution in [0.3, 0.4) is 0 Å². The topological polar surface area (TPSA) is 38.9 Å². The summed E-state index contributed by atoms with van der Waals surface area (Å²) < 4.78 is 0. The molecule has 3 heteroatoms. The highest BCUT2D eigenvalue weighted by Gasteiger charge is 2.01. The number of allylic oxidation sites excluding steroid dienone is 1. The first-order valence-electron chi connectivity index (χ1n) is 4.68. The van der Waals surface area contributed by atoms with Crippen LogP contribution in [-0.2, 0) is 0 Å². The molecule has 2 rings (SSSR count). The number of hydrogen-bond acceptors (Lipinski definition) is 2. The van der Waals surface area contributed by atoms with Gasteiger partial charge in [0.25, 0.3) is 0 Å². The van der Waals surface area contributed by atoms with Gasteiger partial charge in [-0.1, -0.05) is 36.4 Å². The zero-order valence-electron chi connectivity index (χ0n) is 8.15. The van der Waals surface area contributed by atoms with Crippen LogP contribution in [0.15, 0.2) is 36.5 Å². The van der Waals surface area contributed by atoms with Crippen molar-refractivity contribution in [2.24, 2.45) is 0 Å². The van der Waals surface area contributed by atoms with Gasteiger partial charge in [0.2, 0.25) is 0 Å². The second kappa shape index (κ2) is 4.32. The number of halogens is 1. The fourth-order valence-electron chi connectivity index (χ4n) is 1.54. The van der Waals surface area contributed by atoms with Crippen LogP contribution in [0, 0.1) is 0 Å². The summed E-state index contributed by atoms with van der Waals surface area (Å²) in [5, 5.41) is 2.08. The maximum Gasteiger partial charge on any atom is 0.131 e. The summed E-state index contributed by atoms with van der Waals surface area (Å²) >= 11 is 5.60. The SMILES string of the molecule is Nc1ncc(C=CCCl)c2ccccc12. The number of nitrogen functional groups attached to an aromatic ring is 1. The van der Waals surface area contributed by atoms with E-state index >= 15 is 0 Å². The van der Waals surface area contributed by atoms with E-state index < -0.39 is 0 Å². The average molecular weight is 219 g/mol. The zero-order valence-corrected chi connectivity index (χ0v) is 8.91. The van der Waals surface area contributed by atoms with Crippen molar-refractivity contribution >= 4 is 34.3 Å². The highest BCUT2D eigenvalue weighted by molar-refractivity contribution is 6.19. The van der Waals surface area contributed by atoms with E-state index in [-0.39, 0.29) is 0 Å². The molecule has 0 amide bonds. The van der Waals surface area contributed by atoms with Crippen molar-refractivity contribution < 1.29 is 0 Å². The minimum atomic E-state index is 0.499. The van der Waals surface area contributed by atoms with Gasteiger partial charge in [-0.05, 0) is 5.39 Å². The minimum absolute atomic E-state index is 0.499. The summed E-state index contributed by atoms with van der Waals surface area (Å²) in [5.41, 5.74) is 6.83. The first kappa shape index (κ1) is 9.99. The van der Waals surface area contributed by atoms with Crippen LogP contribution >= 0.6 is 11.6 Å². The molecule has 1 heterocycles. The predicted octanol–water partition coefficient (Wildman–Crippen LogP) is 3.07. The van der Waals surface area contributed by atoms with Crippen molar-refractivity contribution in [3.8, 4) is 0 Å². The molecular weight excluding hydrogens is 208 g/mol. The Balaban J connectivity index is 2.66. The van der Waals surface area contributed by atoms with E-state index in [1.165, 1.54) is 0 Å². The van der Waals surface area contributed by atoms with Crippen LogP contribution in [0.25, 0.3) is 16.8 Å². The monoisotopic (exact) mass is 218 g/mol. The molecular formula is C12H11ClN2. The molecule has 0 spiro atoms. The van der Waals surface area contributed by atoms with Crippen molar-refractivity contribution in [1.29, 1.82) is 0 Å². The third-order valence-corrected chi connectivity index (χ3v) is 2.42. The van der Waals surface area contributed by atoms with Gasteiger partial charge < -0.3 is 5.73 Å². The van der Waals surface area contributed by atoms with Gasteiger partial charge in [-0.15, -0.1) is 11.6 Å². The van der Waals surface area contributed by atoms with Gasteiger partial charge in [-0.25, -0.2) is 4.98 Å². The molecule has 76 valence electrons. The van der Waals surface area contributed by atoms with E-state index in [9.17, 15) is 0 Å². The number of hydrogen-bond donors (Lipinski definition) is 1. The molecule has 0 bridgehead atoms. The first-order chi connectivity index (χ1) is 7.33. The van der Waals surface area contributed by atoms with Crippen molar-refractivity contribution in [3.63, 3.8) is 0 Å². The standard InChI is InChI=1S/C12H11ClN2/c13-7-3-4-9-8-15-12(14)11-6-2-1-5-10(9)11/h1-6,8H,7H2,(H2,14,15). The molecule has 0 aliphatic rings. The number of pyridine rings is 1. The smallest absolute Gasteiger partial charge is 0.131 e. The maximum atomic E-state index is 5.79. The largest absolute Gasteiger partial charge is 0.383 e. The summed E-state index contributed by atoms with van der Waals surface area (Å²) in [6.07, 6.45) is 5.61. The van der Waals surface area contributed by atoms with Crippen molar-refractivity contribution in [2.75, 3.05) is 11.6 Å². The summed E-state index contributed by atoms with van der Waals surface area (Å²) in [7, 11) is 0. The molecule has 0 radical (unpaired) electrons. The lowest BCUT2D eigenvalue weighted by Crippen LogP contribution is -1.92. The fraction of sp³-hybridized carbons (Fsp3) is 0.0833. The number of rotatable bonds is 2. The molecule has 1 aromatic heterocycles. The first-order valence-corrected chi connectivity index (χ1v) is 5.22. The molecule has 15 heavy (non-hydrogen) atoms. The van der Waals surface area contributed by atoms with E-state index in [0.29, 0.717) is 11.7 Å². The number of nitrogens with zero attached hydrogens (tertiary/aromatic N) is 1. The van der Waals surface area contributed by atoms with Gasteiger partial charge in [0.05, 0.1) is 0 Å². The number of alkyl halides is 1. The Morgan fingerprint density at radius 3 is 2.73 bits per heavy atom. The third-order valence-electron chi connectivity index (χ3n) is 2.24. The highest BCUT2D eigenvalue weighted by atomic mass is 35.5. The third kappa shape index (κ3) is 1.95. The van der Waals surface area contributed by atoms with Crippen molar-refractivity contribution in [2.45, 2.75) is 0 Å². The fourth-order valence-corrected chi connectivity index (χ4v) is 1.63. The summed E-state index contributed by atoms with van der Waals surface area (Å²) in [4.78, 5) is 4.14. The minimum Gasteiger partial charge on any atom is -0.383 e. The van der Waals surface area contributed by atoms with Gasteiger partial charge in [0, 0.05) is 23.0 Å². The summed E-state index contributed by atoms with van der Waals surface area (Å²) in [6, 6.07) is 7.94. The predicted molar refractivity (Wildman–Crippen MR) is 65.9 cm³/mol. The van der Waals surface area contributed by atoms with Crippen molar-refractivity contribution in [3.05, 3.63) is 42.1 Å². The number of nitrogens with two attached hydrogens (primary N) is 1. The molecule has 0 unspecified atom stereocenters. The van der Waals surface area contributed by atoms with Gasteiger partial charge in [-0.3, -0.25) is 0 Å². The lowest BCUT2D eigenvalue weighted by atomic mass is 10.1. The lowest BCUT2D eigenvalue weighted by Gasteiger charge is -2.03. The molecule has 0 saturated heterocycles. The number of anilines is 1. The number of aromatic nitrogens is 1. The van der Waals surface area contributed by atoms with Crippen LogP contribution in [0.2, 0.25) is 0 Å². The van der Waals surface area contributed by atoms with E-state index in [1.807, 2.05) is 36.4 Å². The Morgan fingerprint density at radius 2 is 2.00 bits per heavy atom. The molecule has 0 aliphatic heterocycles. The Bertz CT molecular complexity index is 506. The quantitative estimate of drug-likeness (QED) is 0.787. The Morgan fingerprint density at radius 1 is 1.27 bits per heavy atom. The zero-order chi connectivity index (χ0) is 10.7. The number of fused-ring (bicyclic) bond motifs is 1. The Hall–Kier alpha value is -1.54. The molecule has 2 nitrogen and oxygen atoms in total. The van der Waals surface area contributed by atoms with Crippen molar-refractivity contribution in [1.82, 2.24) is 4.98 Å². The maximum absolute atomic E-state index is 5.79. The van der Waals surface area contributed by atoms with Crippen LogP contribution in [-0.4, -0.2) is 10.9 Å². The van der Waals surface area contributed by atoms with E-state index in [1.54, 1.807) is 6.20 Å². The van der Waals surface area contributed by atoms with Crippen LogP contribution < -0.4 is 5.73 Å². The van der Waals surface area contributed by atoms with Gasteiger partial charge in [0.15, 0.2) is 0 Å². The van der Waals surface area contributed by atoms with E-state index in [0.717, 1.165) is 16.3 Å². The van der Waals surface area contributed by atoms with Gasteiger partial charge in [-0.2, -0.15) is 0 Å². The summed E-state index contributed by atoms with van der Waals surface area (Å²) in [5.74, 6) is 1.06.